The van der Waals surface area contributed by atoms with Crippen molar-refractivity contribution >= 4 is 17.8 Å². The zero-order valence-electron chi connectivity index (χ0n) is 11.3. The summed E-state index contributed by atoms with van der Waals surface area (Å²) >= 11 is 0. The number of fused-ring (bicyclic) bond motifs is 1. The van der Waals surface area contributed by atoms with Gasteiger partial charge in [0, 0.05) is 28.7 Å². The predicted octanol–water partition coefficient (Wildman–Crippen LogP) is 2.59. The molecule has 21 heavy (non-hydrogen) atoms. The van der Waals surface area contributed by atoms with Gasteiger partial charge in [-0.1, -0.05) is 12.1 Å². The largest absolute Gasteiger partial charge is 0.508 e. The highest BCUT2D eigenvalue weighted by Gasteiger charge is 2.27. The minimum Gasteiger partial charge on any atom is -0.508 e. The van der Waals surface area contributed by atoms with Gasteiger partial charge in [0.2, 0.25) is 5.76 Å². The second-order valence-corrected chi connectivity index (χ2v) is 4.68. The van der Waals surface area contributed by atoms with Crippen LogP contribution in [0.4, 0.5) is 0 Å². The minimum atomic E-state index is -0.599. The predicted molar refractivity (Wildman–Crippen MR) is 74.2 cm³/mol. The SMILES string of the molecule is COC(=O)c1occc1C=C1Cc2c(O)cccc2C1=O. The molecular weight excluding hydrogens is 272 g/mol. The normalized spacial score (nSPS) is 15.3. The lowest BCUT2D eigenvalue weighted by Crippen LogP contribution is -2.02. The summed E-state index contributed by atoms with van der Waals surface area (Å²) in [6.07, 6.45) is 3.28. The van der Waals surface area contributed by atoms with Crippen molar-refractivity contribution in [1.82, 2.24) is 0 Å². The van der Waals surface area contributed by atoms with Gasteiger partial charge >= 0.3 is 5.97 Å². The molecule has 0 unspecified atom stereocenters. The average Bonchev–Trinajstić information content (AvgIpc) is 3.06. The van der Waals surface area contributed by atoms with Crippen molar-refractivity contribution in [3.05, 3.63) is 58.6 Å². The highest BCUT2D eigenvalue weighted by Crippen LogP contribution is 2.33. The summed E-state index contributed by atoms with van der Waals surface area (Å²) in [5.41, 5.74) is 2.08. The molecule has 1 aliphatic carbocycles. The molecule has 0 saturated carbocycles. The second kappa shape index (κ2) is 4.94. The standard InChI is InChI=1S/C16H12O5/c1-20-16(19)15-9(5-6-21-15)7-10-8-12-11(14(10)18)3-2-4-13(12)17/h2-7,17H,8H2,1H3. The molecule has 2 aromatic rings. The van der Waals surface area contributed by atoms with Crippen LogP contribution in [0.1, 0.15) is 32.0 Å². The third kappa shape index (κ3) is 2.12. The van der Waals surface area contributed by atoms with Crippen LogP contribution in [0, 0.1) is 0 Å². The maximum Gasteiger partial charge on any atom is 0.374 e. The number of ether oxygens (including phenoxy) is 1. The number of Topliss-reactive ketones (excluding diaryl/α,β-unsaturated/α-hetero) is 1. The summed E-state index contributed by atoms with van der Waals surface area (Å²) in [6, 6.07) is 6.45. The van der Waals surface area contributed by atoms with E-state index in [0.717, 1.165) is 0 Å². The van der Waals surface area contributed by atoms with Gasteiger partial charge in [0.25, 0.3) is 0 Å². The fraction of sp³-hybridized carbons (Fsp3) is 0.125. The molecule has 0 radical (unpaired) electrons. The van der Waals surface area contributed by atoms with Crippen molar-refractivity contribution in [3.8, 4) is 5.75 Å². The van der Waals surface area contributed by atoms with Crippen LogP contribution in [-0.2, 0) is 11.2 Å². The van der Waals surface area contributed by atoms with Gasteiger partial charge in [0.1, 0.15) is 5.75 Å². The van der Waals surface area contributed by atoms with Gasteiger partial charge in [-0.3, -0.25) is 4.79 Å². The molecule has 106 valence electrons. The number of benzene rings is 1. The lowest BCUT2D eigenvalue weighted by molar-refractivity contribution is 0.0564. The average molecular weight is 284 g/mol. The molecule has 3 rings (SSSR count). The Morgan fingerprint density at radius 2 is 2.19 bits per heavy atom. The Morgan fingerprint density at radius 1 is 1.38 bits per heavy atom. The van der Waals surface area contributed by atoms with E-state index in [1.165, 1.54) is 13.4 Å². The number of allylic oxidation sites excluding steroid dienone is 1. The maximum atomic E-state index is 12.3. The lowest BCUT2D eigenvalue weighted by atomic mass is 10.1. The molecule has 1 heterocycles. The van der Waals surface area contributed by atoms with Crippen molar-refractivity contribution in [3.63, 3.8) is 0 Å². The van der Waals surface area contributed by atoms with Gasteiger partial charge in [-0.2, -0.15) is 0 Å². The number of hydrogen-bond acceptors (Lipinski definition) is 5. The van der Waals surface area contributed by atoms with Crippen LogP contribution in [0.5, 0.6) is 5.75 Å². The first kappa shape index (κ1) is 13.2. The molecule has 0 bridgehead atoms. The summed E-state index contributed by atoms with van der Waals surface area (Å²) in [4.78, 5) is 23.9. The number of phenols is 1. The first-order valence-corrected chi connectivity index (χ1v) is 6.33. The monoisotopic (exact) mass is 284 g/mol. The van der Waals surface area contributed by atoms with Gasteiger partial charge in [-0.05, 0) is 18.2 Å². The van der Waals surface area contributed by atoms with Crippen molar-refractivity contribution in [2.24, 2.45) is 0 Å². The third-order valence-corrected chi connectivity index (χ3v) is 3.45. The van der Waals surface area contributed by atoms with Crippen LogP contribution >= 0.6 is 0 Å². The number of aromatic hydroxyl groups is 1. The number of carbonyl (C=O) groups is 2. The summed E-state index contributed by atoms with van der Waals surface area (Å²) in [7, 11) is 1.26. The minimum absolute atomic E-state index is 0.0537. The molecule has 1 aromatic carbocycles. The first-order valence-electron chi connectivity index (χ1n) is 6.33. The van der Waals surface area contributed by atoms with E-state index >= 15 is 0 Å². The highest BCUT2D eigenvalue weighted by atomic mass is 16.5. The van der Waals surface area contributed by atoms with E-state index in [-0.39, 0.29) is 17.3 Å². The molecule has 1 aromatic heterocycles. The summed E-state index contributed by atoms with van der Waals surface area (Å²) in [6.45, 7) is 0. The molecule has 0 atom stereocenters. The molecule has 5 nitrogen and oxygen atoms in total. The molecule has 0 fully saturated rings. The summed E-state index contributed by atoms with van der Waals surface area (Å²) < 4.78 is 9.70. The van der Waals surface area contributed by atoms with Gasteiger partial charge in [-0.15, -0.1) is 0 Å². The Kier molecular flexibility index (Phi) is 3.10. The van der Waals surface area contributed by atoms with Crippen LogP contribution in [0.25, 0.3) is 6.08 Å². The molecule has 0 saturated heterocycles. The molecular formula is C16H12O5. The van der Waals surface area contributed by atoms with Crippen molar-refractivity contribution < 1.29 is 23.8 Å². The Morgan fingerprint density at radius 3 is 2.90 bits per heavy atom. The van der Waals surface area contributed by atoms with E-state index < -0.39 is 5.97 Å². The quantitative estimate of drug-likeness (QED) is 0.677. The van der Waals surface area contributed by atoms with E-state index in [1.54, 1.807) is 30.3 Å². The molecule has 1 aliphatic rings. The zero-order chi connectivity index (χ0) is 15.0. The molecule has 0 amide bonds. The van der Waals surface area contributed by atoms with E-state index in [9.17, 15) is 14.7 Å². The van der Waals surface area contributed by atoms with Gasteiger partial charge < -0.3 is 14.3 Å². The Bertz CT molecular complexity index is 767. The maximum absolute atomic E-state index is 12.3. The number of carbonyl (C=O) groups excluding carboxylic acids is 2. The van der Waals surface area contributed by atoms with Crippen molar-refractivity contribution in [2.45, 2.75) is 6.42 Å². The topological polar surface area (TPSA) is 76.7 Å². The molecule has 5 heteroatoms. The number of rotatable bonds is 2. The molecule has 0 spiro atoms. The smallest absolute Gasteiger partial charge is 0.374 e. The number of phenolic OH excluding ortho intramolecular Hbond substituents is 1. The second-order valence-electron chi connectivity index (χ2n) is 4.68. The van der Waals surface area contributed by atoms with Crippen LogP contribution in [0.15, 0.2) is 40.5 Å². The molecule has 0 aliphatic heterocycles. The fourth-order valence-corrected chi connectivity index (χ4v) is 2.41. The Balaban J connectivity index is 2.01. The third-order valence-electron chi connectivity index (χ3n) is 3.45. The van der Waals surface area contributed by atoms with Crippen molar-refractivity contribution in [1.29, 1.82) is 0 Å². The Hall–Kier alpha value is -2.82. The van der Waals surface area contributed by atoms with E-state index in [0.29, 0.717) is 28.7 Å². The van der Waals surface area contributed by atoms with Crippen LogP contribution in [0.3, 0.4) is 0 Å². The first-order chi connectivity index (χ1) is 10.1. The number of hydrogen-bond donors (Lipinski definition) is 1. The highest BCUT2D eigenvalue weighted by molar-refractivity contribution is 6.16. The number of ketones is 1. The van der Waals surface area contributed by atoms with Crippen LogP contribution < -0.4 is 0 Å². The molecule has 1 N–H and O–H groups in total. The zero-order valence-corrected chi connectivity index (χ0v) is 11.3. The number of methoxy groups -OCH3 is 1. The number of esters is 1. The fourth-order valence-electron chi connectivity index (χ4n) is 2.41. The van der Waals surface area contributed by atoms with E-state index in [1.807, 2.05) is 0 Å². The number of furan rings is 1. The lowest BCUT2D eigenvalue weighted by Gasteiger charge is -1.98. The van der Waals surface area contributed by atoms with Crippen LogP contribution in [-0.4, -0.2) is 24.0 Å². The van der Waals surface area contributed by atoms with E-state index in [4.69, 9.17) is 4.42 Å². The van der Waals surface area contributed by atoms with Gasteiger partial charge in [-0.25, -0.2) is 4.79 Å². The van der Waals surface area contributed by atoms with E-state index in [2.05, 4.69) is 4.74 Å². The summed E-state index contributed by atoms with van der Waals surface area (Å²) in [5, 5.41) is 9.80. The summed E-state index contributed by atoms with van der Waals surface area (Å²) in [5.74, 6) is -0.599. The van der Waals surface area contributed by atoms with Gasteiger partial charge in [0.05, 0.1) is 13.4 Å². The van der Waals surface area contributed by atoms with Gasteiger partial charge in [0.15, 0.2) is 5.78 Å². The van der Waals surface area contributed by atoms with Crippen LogP contribution in [0.2, 0.25) is 0 Å². The Labute approximate surface area is 120 Å². The van der Waals surface area contributed by atoms with Crippen molar-refractivity contribution in [2.75, 3.05) is 7.11 Å².